The fraction of sp³-hybridized carbons (Fsp3) is 0.409. The van der Waals surface area contributed by atoms with Gasteiger partial charge in [-0.3, -0.25) is 4.79 Å². The molecule has 3 N–H and O–H groups in total. The molecule has 0 aliphatic rings. The van der Waals surface area contributed by atoms with Gasteiger partial charge in [0.1, 0.15) is 11.6 Å². The molecule has 0 bridgehead atoms. The quantitative estimate of drug-likeness (QED) is 0.339. The summed E-state index contributed by atoms with van der Waals surface area (Å²) in [6.45, 7) is 8.72. The maximum absolute atomic E-state index is 12.8. The summed E-state index contributed by atoms with van der Waals surface area (Å²) in [5.74, 6) is -0.969. The Morgan fingerprint density at radius 1 is 0.879 bits per heavy atom. The molecule has 0 aliphatic carbocycles. The number of hydrogen-bond donors (Lipinski definition) is 3. The average Bonchev–Trinajstić information content (AvgIpc) is 2.71. The van der Waals surface area contributed by atoms with Crippen LogP contribution >= 0.6 is 0 Å². The number of esters is 1. The lowest BCUT2D eigenvalue weighted by atomic mass is 10.1. The normalized spacial score (nSPS) is 13.6. The molecule has 0 fully saturated rings. The van der Waals surface area contributed by atoms with E-state index in [9.17, 15) is 21.6 Å². The van der Waals surface area contributed by atoms with Crippen molar-refractivity contribution < 1.29 is 26.4 Å². The van der Waals surface area contributed by atoms with Gasteiger partial charge in [0, 0.05) is 6.54 Å². The predicted octanol–water partition coefficient (Wildman–Crippen LogP) is 2.31. The molecule has 0 spiro atoms. The van der Waals surface area contributed by atoms with E-state index in [-0.39, 0.29) is 22.3 Å². The molecular weight excluding hydrogens is 466 g/mol. The Kier molecular flexibility index (Phi) is 8.77. The average molecular weight is 498 g/mol. The smallest absolute Gasteiger partial charge is 0.324 e. The summed E-state index contributed by atoms with van der Waals surface area (Å²) in [5, 5.41) is 0. The molecule has 0 heterocycles. The monoisotopic (exact) mass is 497 g/mol. The topological polar surface area (TPSA) is 131 Å². The third kappa shape index (κ3) is 8.20. The molecule has 2 aromatic rings. The predicted molar refractivity (Wildman–Crippen MR) is 125 cm³/mol. The molecular formula is C22H31N3O6S2. The Morgan fingerprint density at radius 2 is 1.42 bits per heavy atom. The van der Waals surface area contributed by atoms with Crippen molar-refractivity contribution in [1.82, 2.24) is 15.0 Å². The maximum Gasteiger partial charge on any atom is 0.324 e. The van der Waals surface area contributed by atoms with Crippen molar-refractivity contribution in [3.8, 4) is 0 Å². The Morgan fingerprint density at radius 3 is 1.94 bits per heavy atom. The molecule has 1 atom stereocenters. The van der Waals surface area contributed by atoms with Crippen molar-refractivity contribution in [2.45, 2.75) is 62.6 Å². The molecule has 9 nitrogen and oxygen atoms in total. The first kappa shape index (κ1) is 26.9. The van der Waals surface area contributed by atoms with Gasteiger partial charge in [-0.2, -0.15) is 4.72 Å². The highest BCUT2D eigenvalue weighted by Crippen LogP contribution is 2.17. The molecule has 1 unspecified atom stereocenters. The van der Waals surface area contributed by atoms with Crippen LogP contribution in [0.1, 0.15) is 40.2 Å². The van der Waals surface area contributed by atoms with Crippen molar-refractivity contribution >= 4 is 26.0 Å². The summed E-state index contributed by atoms with van der Waals surface area (Å²) < 4.78 is 57.8. The number of carbonyl (C=O) groups is 1. The van der Waals surface area contributed by atoms with Gasteiger partial charge in [-0.15, -0.1) is 4.83 Å². The van der Waals surface area contributed by atoms with Crippen LogP contribution in [0.4, 0.5) is 0 Å². The zero-order chi connectivity index (χ0) is 24.9. The van der Waals surface area contributed by atoms with Crippen LogP contribution in [-0.2, 0) is 36.1 Å². The van der Waals surface area contributed by atoms with Crippen LogP contribution in [0.15, 0.2) is 64.4 Å². The van der Waals surface area contributed by atoms with E-state index < -0.39 is 37.7 Å². The number of nitrogens with one attached hydrogen (secondary N) is 3. The van der Waals surface area contributed by atoms with Gasteiger partial charge >= 0.3 is 5.97 Å². The Hall–Kier alpha value is -2.31. The Labute approximate surface area is 196 Å². The number of carbonyl (C=O) groups excluding carboxylic acids is 1. The van der Waals surface area contributed by atoms with Crippen molar-refractivity contribution in [3.05, 3.63) is 60.2 Å². The van der Waals surface area contributed by atoms with E-state index in [1.54, 1.807) is 65.0 Å². The SMILES string of the molecule is CC(C)C(NS(=O)(=O)c1ccc(CNNS(=O)(=O)c2ccccc2)cc1)C(=O)OC(C)(C)C. The summed E-state index contributed by atoms with van der Waals surface area (Å²) in [6, 6.07) is 12.7. The summed E-state index contributed by atoms with van der Waals surface area (Å²) in [5.41, 5.74) is 2.52. The Bertz CT molecular complexity index is 1140. The lowest BCUT2D eigenvalue weighted by Crippen LogP contribution is -2.47. The van der Waals surface area contributed by atoms with Crippen LogP contribution in [0.2, 0.25) is 0 Å². The fourth-order valence-corrected chi connectivity index (χ4v) is 4.96. The van der Waals surface area contributed by atoms with Gasteiger partial charge in [-0.1, -0.05) is 44.2 Å². The first-order valence-corrected chi connectivity index (χ1v) is 13.3. The van der Waals surface area contributed by atoms with E-state index in [0.29, 0.717) is 5.56 Å². The largest absolute Gasteiger partial charge is 0.459 e. The molecule has 2 aromatic carbocycles. The van der Waals surface area contributed by atoms with E-state index in [1.165, 1.54) is 24.3 Å². The second-order valence-corrected chi connectivity index (χ2v) is 12.2. The molecule has 11 heteroatoms. The second kappa shape index (κ2) is 10.7. The maximum atomic E-state index is 12.8. The minimum atomic E-state index is -3.98. The summed E-state index contributed by atoms with van der Waals surface area (Å²) in [4.78, 5) is 14.8. The summed E-state index contributed by atoms with van der Waals surface area (Å²) in [6.07, 6.45) is 0. The summed E-state index contributed by atoms with van der Waals surface area (Å²) in [7, 11) is -7.70. The van der Waals surface area contributed by atoms with Crippen LogP contribution in [0, 0.1) is 5.92 Å². The molecule has 0 saturated carbocycles. The van der Waals surface area contributed by atoms with E-state index in [1.807, 2.05) is 0 Å². The summed E-state index contributed by atoms with van der Waals surface area (Å²) >= 11 is 0. The fourth-order valence-electron chi connectivity index (χ4n) is 2.74. The lowest BCUT2D eigenvalue weighted by molar-refractivity contribution is -0.158. The number of hydrogen-bond acceptors (Lipinski definition) is 7. The lowest BCUT2D eigenvalue weighted by Gasteiger charge is -2.26. The van der Waals surface area contributed by atoms with Crippen LogP contribution in [0.25, 0.3) is 0 Å². The van der Waals surface area contributed by atoms with Gasteiger partial charge in [-0.05, 0) is 56.5 Å². The van der Waals surface area contributed by atoms with Gasteiger partial charge < -0.3 is 4.74 Å². The molecule has 0 saturated heterocycles. The van der Waals surface area contributed by atoms with Crippen LogP contribution < -0.4 is 15.0 Å². The number of ether oxygens (including phenoxy) is 1. The van der Waals surface area contributed by atoms with Crippen LogP contribution in [-0.4, -0.2) is 34.4 Å². The number of benzene rings is 2. The van der Waals surface area contributed by atoms with Gasteiger partial charge in [-0.25, -0.2) is 22.3 Å². The minimum absolute atomic E-state index is 0.0228. The van der Waals surface area contributed by atoms with Gasteiger partial charge in [0.2, 0.25) is 10.0 Å². The van der Waals surface area contributed by atoms with E-state index in [0.717, 1.165) is 0 Å². The molecule has 0 aliphatic heterocycles. The highest BCUT2D eigenvalue weighted by atomic mass is 32.2. The molecule has 0 radical (unpaired) electrons. The molecule has 182 valence electrons. The third-order valence-corrected chi connectivity index (χ3v) is 7.16. The highest BCUT2D eigenvalue weighted by Gasteiger charge is 2.32. The van der Waals surface area contributed by atoms with Crippen molar-refractivity contribution in [3.63, 3.8) is 0 Å². The third-order valence-electron chi connectivity index (χ3n) is 4.40. The number of hydrazine groups is 1. The van der Waals surface area contributed by atoms with Crippen molar-refractivity contribution in [1.29, 1.82) is 0 Å². The van der Waals surface area contributed by atoms with E-state index >= 15 is 0 Å². The number of rotatable bonds is 10. The minimum Gasteiger partial charge on any atom is -0.459 e. The van der Waals surface area contributed by atoms with Gasteiger partial charge in [0.05, 0.1) is 9.79 Å². The first-order valence-electron chi connectivity index (χ1n) is 10.4. The second-order valence-electron chi connectivity index (χ2n) is 8.79. The van der Waals surface area contributed by atoms with Gasteiger partial charge in [0.25, 0.3) is 10.0 Å². The van der Waals surface area contributed by atoms with E-state index in [2.05, 4.69) is 15.0 Å². The van der Waals surface area contributed by atoms with E-state index in [4.69, 9.17) is 4.74 Å². The van der Waals surface area contributed by atoms with Gasteiger partial charge in [0.15, 0.2) is 0 Å². The standard InChI is InChI=1S/C22H31N3O6S2/c1-16(2)20(21(26)31-22(3,4)5)24-32(27,28)19-13-11-17(12-14-19)15-23-25-33(29,30)18-9-7-6-8-10-18/h6-14,16,20,23-25H,15H2,1-5H3. The molecule has 33 heavy (non-hydrogen) atoms. The van der Waals surface area contributed by atoms with Crippen LogP contribution in [0.5, 0.6) is 0 Å². The van der Waals surface area contributed by atoms with Crippen molar-refractivity contribution in [2.24, 2.45) is 5.92 Å². The zero-order valence-electron chi connectivity index (χ0n) is 19.3. The highest BCUT2D eigenvalue weighted by molar-refractivity contribution is 7.89. The zero-order valence-corrected chi connectivity index (χ0v) is 21.0. The molecule has 0 aromatic heterocycles. The Balaban J connectivity index is 2.03. The van der Waals surface area contributed by atoms with Crippen molar-refractivity contribution in [2.75, 3.05) is 0 Å². The van der Waals surface area contributed by atoms with Crippen LogP contribution in [0.3, 0.4) is 0 Å². The first-order chi connectivity index (χ1) is 15.2. The number of sulfonamides is 2. The molecule has 0 amide bonds. The molecule has 2 rings (SSSR count).